The molecule has 1 aromatic heterocycles. The maximum absolute atomic E-state index is 10.5. The fraction of sp³-hybridized carbons (Fsp3) is 0.143. The number of hydrogen-bond acceptors (Lipinski definition) is 4. The summed E-state index contributed by atoms with van der Waals surface area (Å²) in [5.41, 5.74) is 7.02. The summed E-state index contributed by atoms with van der Waals surface area (Å²) >= 11 is 0. The smallest absolute Gasteiger partial charge is 0.185 e. The molecule has 18 heavy (non-hydrogen) atoms. The number of hydrogen-bond donors (Lipinski definition) is 2. The number of para-hydroxylation sites is 1. The van der Waals surface area contributed by atoms with E-state index >= 15 is 0 Å². The van der Waals surface area contributed by atoms with Crippen LogP contribution in [0.5, 0.6) is 0 Å². The van der Waals surface area contributed by atoms with E-state index in [1.165, 1.54) is 6.07 Å². The van der Waals surface area contributed by atoms with Crippen LogP contribution in [0.15, 0.2) is 40.8 Å². The van der Waals surface area contributed by atoms with Crippen LogP contribution in [0.4, 0.5) is 5.69 Å². The zero-order valence-corrected chi connectivity index (χ0v) is 10.4. The minimum absolute atomic E-state index is 0.172. The standard InChI is InChI=1S/C12H10N2O2.C2H6/c13-10-4-2-1-3-9(10)12(14)11-6-5-8(7-15)16-11;1-2/h1-7,14H,13H2;1-2H3. The van der Waals surface area contributed by atoms with Crippen LogP contribution in [-0.2, 0) is 0 Å². The van der Waals surface area contributed by atoms with Crippen molar-refractivity contribution in [2.45, 2.75) is 13.8 Å². The van der Waals surface area contributed by atoms with Crippen molar-refractivity contribution >= 4 is 17.7 Å². The molecule has 3 N–H and O–H groups in total. The molecule has 94 valence electrons. The van der Waals surface area contributed by atoms with Gasteiger partial charge in [-0.2, -0.15) is 0 Å². The number of rotatable bonds is 3. The van der Waals surface area contributed by atoms with Gasteiger partial charge >= 0.3 is 0 Å². The van der Waals surface area contributed by atoms with E-state index in [-0.39, 0.29) is 11.5 Å². The summed E-state index contributed by atoms with van der Waals surface area (Å²) in [5.74, 6) is 0.536. The molecule has 0 spiro atoms. The average Bonchev–Trinajstić information content (AvgIpc) is 2.90. The Hall–Kier alpha value is -2.36. The van der Waals surface area contributed by atoms with E-state index in [1.54, 1.807) is 30.3 Å². The van der Waals surface area contributed by atoms with E-state index in [0.717, 1.165) is 0 Å². The van der Waals surface area contributed by atoms with Crippen LogP contribution in [-0.4, -0.2) is 12.0 Å². The molecule has 2 aromatic rings. The number of aldehydes is 1. The van der Waals surface area contributed by atoms with Gasteiger partial charge in [0.15, 0.2) is 17.8 Å². The van der Waals surface area contributed by atoms with Crippen molar-refractivity contribution in [3.05, 3.63) is 53.5 Å². The predicted molar refractivity (Wildman–Crippen MR) is 72.2 cm³/mol. The molecule has 2 rings (SSSR count). The van der Waals surface area contributed by atoms with E-state index in [4.69, 9.17) is 15.6 Å². The first kappa shape index (κ1) is 13.7. The second-order valence-electron chi connectivity index (χ2n) is 3.28. The van der Waals surface area contributed by atoms with Gasteiger partial charge in [0.2, 0.25) is 0 Å². The van der Waals surface area contributed by atoms with Crippen LogP contribution in [0.1, 0.15) is 35.7 Å². The van der Waals surface area contributed by atoms with Crippen molar-refractivity contribution in [1.29, 1.82) is 5.41 Å². The van der Waals surface area contributed by atoms with Gasteiger partial charge in [0, 0.05) is 11.3 Å². The van der Waals surface area contributed by atoms with Crippen LogP contribution >= 0.6 is 0 Å². The van der Waals surface area contributed by atoms with Crippen LogP contribution in [0.3, 0.4) is 0 Å². The third-order valence-electron chi connectivity index (χ3n) is 2.22. The molecule has 4 nitrogen and oxygen atoms in total. The van der Waals surface area contributed by atoms with E-state index in [9.17, 15) is 4.79 Å². The summed E-state index contributed by atoms with van der Waals surface area (Å²) in [7, 11) is 0. The van der Waals surface area contributed by atoms with Crippen molar-refractivity contribution in [2.24, 2.45) is 0 Å². The fourth-order valence-electron chi connectivity index (χ4n) is 1.41. The fourth-order valence-corrected chi connectivity index (χ4v) is 1.41. The lowest BCUT2D eigenvalue weighted by Gasteiger charge is -2.03. The highest BCUT2D eigenvalue weighted by molar-refractivity contribution is 6.12. The van der Waals surface area contributed by atoms with Gasteiger partial charge < -0.3 is 10.2 Å². The Balaban J connectivity index is 0.000000771. The Morgan fingerprint density at radius 2 is 1.89 bits per heavy atom. The number of carbonyl (C=O) groups excluding carboxylic acids is 1. The van der Waals surface area contributed by atoms with Crippen LogP contribution in [0.2, 0.25) is 0 Å². The second kappa shape index (κ2) is 6.39. The normalized spacial score (nSPS) is 9.22. The molecule has 0 saturated carbocycles. The Bertz CT molecular complexity index is 544. The molecule has 0 fully saturated rings. The van der Waals surface area contributed by atoms with Gasteiger partial charge in [-0.25, -0.2) is 0 Å². The van der Waals surface area contributed by atoms with Gasteiger partial charge in [-0.3, -0.25) is 10.2 Å². The number of anilines is 1. The van der Waals surface area contributed by atoms with Crippen LogP contribution in [0, 0.1) is 5.41 Å². The first-order chi connectivity index (χ1) is 8.72. The van der Waals surface area contributed by atoms with Crippen molar-refractivity contribution in [2.75, 3.05) is 5.73 Å². The first-order valence-electron chi connectivity index (χ1n) is 5.71. The maximum Gasteiger partial charge on any atom is 0.185 e. The van der Waals surface area contributed by atoms with Crippen LogP contribution in [0.25, 0.3) is 0 Å². The van der Waals surface area contributed by atoms with Crippen LogP contribution < -0.4 is 5.73 Å². The van der Waals surface area contributed by atoms with Gasteiger partial charge in [0.1, 0.15) is 5.71 Å². The van der Waals surface area contributed by atoms with Gasteiger partial charge in [-0.05, 0) is 18.2 Å². The summed E-state index contributed by atoms with van der Waals surface area (Å²) in [6, 6.07) is 10.2. The van der Waals surface area contributed by atoms with E-state index in [2.05, 4.69) is 0 Å². The summed E-state index contributed by atoms with van der Waals surface area (Å²) in [5, 5.41) is 7.91. The summed E-state index contributed by atoms with van der Waals surface area (Å²) < 4.78 is 5.16. The minimum Gasteiger partial charge on any atom is -0.452 e. The van der Waals surface area contributed by atoms with E-state index < -0.39 is 0 Å². The predicted octanol–water partition coefficient (Wildman–Crippen LogP) is 3.12. The maximum atomic E-state index is 10.5. The first-order valence-corrected chi connectivity index (χ1v) is 5.71. The number of nitrogen functional groups attached to an aromatic ring is 1. The third kappa shape index (κ3) is 2.85. The van der Waals surface area contributed by atoms with Crippen molar-refractivity contribution in [3.63, 3.8) is 0 Å². The SMILES string of the molecule is CC.N=C(c1ccc(C=O)o1)c1ccccc1N. The molecule has 0 saturated heterocycles. The molecule has 0 aliphatic rings. The molecule has 4 heteroatoms. The number of furan rings is 1. The monoisotopic (exact) mass is 244 g/mol. The molecule has 1 heterocycles. The number of nitrogens with two attached hydrogens (primary N) is 1. The van der Waals surface area contributed by atoms with Gasteiger partial charge in [-0.15, -0.1) is 0 Å². The molecule has 0 unspecified atom stereocenters. The largest absolute Gasteiger partial charge is 0.452 e. The summed E-state index contributed by atoms with van der Waals surface area (Å²) in [4.78, 5) is 10.5. The lowest BCUT2D eigenvalue weighted by Crippen LogP contribution is -2.03. The Labute approximate surface area is 106 Å². The molecule has 0 aliphatic heterocycles. The highest BCUT2D eigenvalue weighted by atomic mass is 16.3. The van der Waals surface area contributed by atoms with Crippen molar-refractivity contribution in [3.8, 4) is 0 Å². The van der Waals surface area contributed by atoms with E-state index in [0.29, 0.717) is 23.3 Å². The number of carbonyl (C=O) groups is 1. The van der Waals surface area contributed by atoms with Crippen molar-refractivity contribution in [1.82, 2.24) is 0 Å². The Kier molecular flexibility index (Phi) is 4.87. The highest BCUT2D eigenvalue weighted by Crippen LogP contribution is 2.17. The van der Waals surface area contributed by atoms with Gasteiger partial charge in [-0.1, -0.05) is 32.0 Å². The molecular weight excluding hydrogens is 228 g/mol. The Morgan fingerprint density at radius 1 is 1.22 bits per heavy atom. The third-order valence-corrected chi connectivity index (χ3v) is 2.22. The molecule has 0 amide bonds. The summed E-state index contributed by atoms with van der Waals surface area (Å²) in [6.07, 6.45) is 0.602. The molecule has 0 aliphatic carbocycles. The summed E-state index contributed by atoms with van der Waals surface area (Å²) in [6.45, 7) is 4.00. The van der Waals surface area contributed by atoms with Gasteiger partial charge in [0.05, 0.1) is 0 Å². The second-order valence-corrected chi connectivity index (χ2v) is 3.28. The number of nitrogens with one attached hydrogen (secondary N) is 1. The average molecular weight is 244 g/mol. The quantitative estimate of drug-likeness (QED) is 0.494. The molecule has 0 atom stereocenters. The van der Waals surface area contributed by atoms with Crippen molar-refractivity contribution < 1.29 is 9.21 Å². The highest BCUT2D eigenvalue weighted by Gasteiger charge is 2.11. The molecule has 1 aromatic carbocycles. The van der Waals surface area contributed by atoms with Gasteiger partial charge in [0.25, 0.3) is 0 Å². The molecule has 0 radical (unpaired) electrons. The van der Waals surface area contributed by atoms with E-state index in [1.807, 2.05) is 13.8 Å². The molecule has 0 bridgehead atoms. The Morgan fingerprint density at radius 3 is 2.44 bits per heavy atom. The lowest BCUT2D eigenvalue weighted by atomic mass is 10.1. The minimum atomic E-state index is 0.172. The topological polar surface area (TPSA) is 80.1 Å². The molecular formula is C14H16N2O2. The lowest BCUT2D eigenvalue weighted by molar-refractivity contribution is 0.110. The zero-order valence-electron chi connectivity index (χ0n) is 10.4. The number of benzene rings is 1. The zero-order chi connectivity index (χ0) is 13.5.